The molecule has 0 saturated heterocycles. The Morgan fingerprint density at radius 2 is 2.08 bits per heavy atom. The highest BCUT2D eigenvalue weighted by molar-refractivity contribution is 5.06. The smallest absolute Gasteiger partial charge is 0.0521 e. The summed E-state index contributed by atoms with van der Waals surface area (Å²) in [4.78, 5) is 0. The molecule has 1 aromatic rings. The number of hydrogen-bond acceptors (Lipinski definition) is 1. The van der Waals surface area contributed by atoms with Gasteiger partial charge in [0.05, 0.1) is 6.20 Å². The van der Waals surface area contributed by atoms with Crippen molar-refractivity contribution < 1.29 is 0 Å². The monoisotopic (exact) mass is 179 g/mol. The van der Waals surface area contributed by atoms with Gasteiger partial charge in [-0.2, -0.15) is 5.10 Å². The lowest BCUT2D eigenvalue weighted by Crippen LogP contribution is -1.97. The summed E-state index contributed by atoms with van der Waals surface area (Å²) in [6, 6.07) is 0. The lowest BCUT2D eigenvalue weighted by atomic mass is 10.1. The van der Waals surface area contributed by atoms with Gasteiger partial charge in [-0.1, -0.05) is 32.6 Å². The fraction of sp³-hybridized carbons (Fsp3) is 0.636. The van der Waals surface area contributed by atoms with Crippen molar-refractivity contribution in [1.29, 1.82) is 0 Å². The molecule has 1 radical (unpaired) electrons. The van der Waals surface area contributed by atoms with Gasteiger partial charge in [0.1, 0.15) is 0 Å². The zero-order chi connectivity index (χ0) is 9.52. The molecule has 1 rings (SSSR count). The molecule has 0 atom stereocenters. The fourth-order valence-corrected chi connectivity index (χ4v) is 1.41. The number of aromatic nitrogens is 2. The average Bonchev–Trinajstić information content (AvgIpc) is 2.51. The third-order valence-corrected chi connectivity index (χ3v) is 2.18. The van der Waals surface area contributed by atoms with Crippen molar-refractivity contribution in [3.8, 4) is 0 Å². The minimum absolute atomic E-state index is 1.01. The number of unbranched alkanes of at least 4 members (excludes halogenated alkanes) is 4. The van der Waals surface area contributed by atoms with Gasteiger partial charge in [-0.3, -0.25) is 4.68 Å². The van der Waals surface area contributed by atoms with Gasteiger partial charge < -0.3 is 0 Å². The second-order valence-electron chi connectivity index (χ2n) is 3.53. The van der Waals surface area contributed by atoms with Gasteiger partial charge in [-0.05, 0) is 18.9 Å². The molecule has 0 amide bonds. The number of rotatable bonds is 6. The van der Waals surface area contributed by atoms with Crippen molar-refractivity contribution in [2.75, 3.05) is 0 Å². The second kappa shape index (κ2) is 5.79. The molecule has 2 nitrogen and oxygen atoms in total. The standard InChI is InChI=1S/C11H19N2/c1-3-4-5-6-7-8-13-10-11(2)9-12-13/h9-10H,2-8H2,1H3. The van der Waals surface area contributed by atoms with Crippen LogP contribution in [0.15, 0.2) is 12.4 Å². The molecule has 0 aliphatic heterocycles. The normalized spacial score (nSPS) is 10.6. The Morgan fingerprint density at radius 1 is 1.31 bits per heavy atom. The first-order valence-electron chi connectivity index (χ1n) is 5.17. The molecule has 13 heavy (non-hydrogen) atoms. The first-order chi connectivity index (χ1) is 6.33. The first-order valence-corrected chi connectivity index (χ1v) is 5.17. The predicted molar refractivity (Wildman–Crippen MR) is 55.4 cm³/mol. The molecule has 0 fully saturated rings. The van der Waals surface area contributed by atoms with E-state index in [0.29, 0.717) is 0 Å². The quantitative estimate of drug-likeness (QED) is 0.614. The van der Waals surface area contributed by atoms with Crippen LogP contribution in [0.3, 0.4) is 0 Å². The molecule has 0 saturated carbocycles. The van der Waals surface area contributed by atoms with E-state index in [1.165, 1.54) is 32.1 Å². The fourth-order valence-electron chi connectivity index (χ4n) is 1.41. The Balaban J connectivity index is 2.06. The zero-order valence-corrected chi connectivity index (χ0v) is 8.50. The van der Waals surface area contributed by atoms with E-state index in [1.54, 1.807) is 0 Å². The molecule has 0 aliphatic rings. The van der Waals surface area contributed by atoms with Crippen LogP contribution in [0, 0.1) is 6.92 Å². The van der Waals surface area contributed by atoms with Gasteiger partial charge in [-0.15, -0.1) is 0 Å². The Morgan fingerprint density at radius 3 is 2.69 bits per heavy atom. The van der Waals surface area contributed by atoms with E-state index in [0.717, 1.165) is 12.1 Å². The van der Waals surface area contributed by atoms with E-state index >= 15 is 0 Å². The van der Waals surface area contributed by atoms with Crippen molar-refractivity contribution in [3.63, 3.8) is 0 Å². The van der Waals surface area contributed by atoms with E-state index in [2.05, 4.69) is 18.9 Å². The highest BCUT2D eigenvalue weighted by atomic mass is 15.3. The first kappa shape index (κ1) is 10.3. The van der Waals surface area contributed by atoms with Crippen LogP contribution >= 0.6 is 0 Å². The Hall–Kier alpha value is -0.790. The van der Waals surface area contributed by atoms with Crippen molar-refractivity contribution in [3.05, 3.63) is 24.9 Å². The topological polar surface area (TPSA) is 17.8 Å². The molecule has 0 aromatic carbocycles. The molecule has 0 unspecified atom stereocenters. The van der Waals surface area contributed by atoms with Crippen molar-refractivity contribution in [1.82, 2.24) is 9.78 Å². The maximum atomic E-state index is 4.19. The molecular weight excluding hydrogens is 160 g/mol. The van der Waals surface area contributed by atoms with Gasteiger partial charge >= 0.3 is 0 Å². The SMILES string of the molecule is [CH2]c1cnn(CCCCCCC)c1. The third kappa shape index (κ3) is 4.11. The van der Waals surface area contributed by atoms with Crippen molar-refractivity contribution >= 4 is 0 Å². The molecule has 73 valence electrons. The predicted octanol–water partition coefficient (Wildman–Crippen LogP) is 3.04. The molecule has 1 aromatic heterocycles. The van der Waals surface area contributed by atoms with E-state index in [9.17, 15) is 0 Å². The third-order valence-electron chi connectivity index (χ3n) is 2.18. The highest BCUT2D eigenvalue weighted by Gasteiger charge is 1.93. The Kier molecular flexibility index (Phi) is 4.58. The van der Waals surface area contributed by atoms with E-state index in [-0.39, 0.29) is 0 Å². The lowest BCUT2D eigenvalue weighted by molar-refractivity contribution is 0.533. The van der Waals surface area contributed by atoms with Crippen molar-refractivity contribution in [2.45, 2.75) is 45.6 Å². The van der Waals surface area contributed by atoms with E-state index in [1.807, 2.05) is 17.1 Å². The van der Waals surface area contributed by atoms with Crippen LogP contribution in [-0.2, 0) is 6.54 Å². The van der Waals surface area contributed by atoms with Crippen LogP contribution in [0.5, 0.6) is 0 Å². The summed E-state index contributed by atoms with van der Waals surface area (Å²) in [6.45, 7) is 7.10. The summed E-state index contributed by atoms with van der Waals surface area (Å²) in [5.41, 5.74) is 1.01. The van der Waals surface area contributed by atoms with Gasteiger partial charge in [0, 0.05) is 12.7 Å². The summed E-state index contributed by atoms with van der Waals surface area (Å²) in [5.74, 6) is 0. The van der Waals surface area contributed by atoms with Crippen LogP contribution in [0.1, 0.15) is 44.6 Å². The maximum Gasteiger partial charge on any atom is 0.0521 e. The number of aryl methyl sites for hydroxylation is 1. The summed E-state index contributed by atoms with van der Waals surface area (Å²) in [7, 11) is 0. The van der Waals surface area contributed by atoms with Crippen LogP contribution in [-0.4, -0.2) is 9.78 Å². The molecule has 0 spiro atoms. The minimum atomic E-state index is 1.01. The van der Waals surface area contributed by atoms with Gasteiger partial charge in [-0.25, -0.2) is 0 Å². The average molecular weight is 179 g/mol. The van der Waals surface area contributed by atoms with E-state index < -0.39 is 0 Å². The largest absolute Gasteiger partial charge is 0.272 e. The molecular formula is C11H19N2. The van der Waals surface area contributed by atoms with Gasteiger partial charge in [0.15, 0.2) is 0 Å². The molecule has 0 N–H and O–H groups in total. The molecule has 0 bridgehead atoms. The molecule has 0 aliphatic carbocycles. The summed E-state index contributed by atoms with van der Waals surface area (Å²) in [5, 5.41) is 4.19. The lowest BCUT2D eigenvalue weighted by Gasteiger charge is -2.00. The Labute approximate surface area is 81.0 Å². The molecule has 1 heterocycles. The Bertz CT molecular complexity index is 228. The summed E-state index contributed by atoms with van der Waals surface area (Å²) in [6.07, 6.45) is 10.4. The maximum absolute atomic E-state index is 4.19. The summed E-state index contributed by atoms with van der Waals surface area (Å²) >= 11 is 0. The van der Waals surface area contributed by atoms with E-state index in [4.69, 9.17) is 0 Å². The molecule has 2 heteroatoms. The van der Waals surface area contributed by atoms with Crippen LogP contribution in [0.2, 0.25) is 0 Å². The second-order valence-corrected chi connectivity index (χ2v) is 3.53. The number of nitrogens with zero attached hydrogens (tertiary/aromatic N) is 2. The van der Waals surface area contributed by atoms with Gasteiger partial charge in [0.25, 0.3) is 0 Å². The highest BCUT2D eigenvalue weighted by Crippen LogP contribution is 2.04. The zero-order valence-electron chi connectivity index (χ0n) is 8.50. The van der Waals surface area contributed by atoms with Gasteiger partial charge in [0.2, 0.25) is 0 Å². The van der Waals surface area contributed by atoms with Crippen LogP contribution in [0.25, 0.3) is 0 Å². The minimum Gasteiger partial charge on any atom is -0.272 e. The number of hydrogen-bond donors (Lipinski definition) is 0. The summed E-state index contributed by atoms with van der Waals surface area (Å²) < 4.78 is 1.98. The van der Waals surface area contributed by atoms with Crippen molar-refractivity contribution in [2.24, 2.45) is 0 Å². The van der Waals surface area contributed by atoms with Crippen LogP contribution in [0.4, 0.5) is 0 Å². The van der Waals surface area contributed by atoms with Crippen LogP contribution < -0.4 is 0 Å².